The van der Waals surface area contributed by atoms with Crippen molar-refractivity contribution in [3.05, 3.63) is 42.0 Å². The smallest absolute Gasteiger partial charge is 0.148 e. The van der Waals surface area contributed by atoms with Crippen molar-refractivity contribution < 1.29 is 14.2 Å². The molecule has 0 atom stereocenters. The molecule has 0 aliphatic heterocycles. The first kappa shape index (κ1) is 12.7. The summed E-state index contributed by atoms with van der Waals surface area (Å²) >= 11 is 0. The summed E-state index contributed by atoms with van der Waals surface area (Å²) in [5.41, 5.74) is 0.975. The fraction of sp³-hybridized carbons (Fsp3) is 0.333. The zero-order valence-electron chi connectivity index (χ0n) is 9.79. The van der Waals surface area contributed by atoms with Crippen molar-refractivity contribution in [3.8, 4) is 5.69 Å². The number of rotatable bonds is 6. The third-order valence-electron chi connectivity index (χ3n) is 2.34. The van der Waals surface area contributed by atoms with E-state index >= 15 is 0 Å². The lowest BCUT2D eigenvalue weighted by molar-refractivity contribution is 0.102. The number of hydrogen-bond donors (Lipinski definition) is 1. The van der Waals surface area contributed by atoms with E-state index < -0.39 is 0 Å². The van der Waals surface area contributed by atoms with Gasteiger partial charge in [0.1, 0.15) is 17.2 Å². The molecule has 1 aromatic carbocycles. The van der Waals surface area contributed by atoms with Crippen LogP contribution < -0.4 is 0 Å². The molecule has 96 valence electrons. The van der Waals surface area contributed by atoms with Crippen LogP contribution in [-0.4, -0.2) is 33.3 Å². The second-order valence-corrected chi connectivity index (χ2v) is 3.74. The molecule has 1 heterocycles. The van der Waals surface area contributed by atoms with Gasteiger partial charge in [0.05, 0.1) is 12.8 Å². The number of nitrogens with zero attached hydrogens (tertiary/aromatic N) is 3. The molecule has 0 bridgehead atoms. The zero-order valence-corrected chi connectivity index (χ0v) is 9.79. The number of ether oxygens (including phenoxy) is 1. The number of aliphatic hydroxyl groups is 1. The minimum atomic E-state index is -0.352. The van der Waals surface area contributed by atoms with Gasteiger partial charge in [-0.25, -0.2) is 9.07 Å². The highest BCUT2D eigenvalue weighted by atomic mass is 19.1. The average molecular weight is 251 g/mol. The first-order valence-electron chi connectivity index (χ1n) is 5.66. The summed E-state index contributed by atoms with van der Waals surface area (Å²) < 4.78 is 20.1. The molecule has 0 spiro atoms. The van der Waals surface area contributed by atoms with Gasteiger partial charge >= 0.3 is 0 Å². The van der Waals surface area contributed by atoms with E-state index in [-0.39, 0.29) is 12.4 Å². The van der Waals surface area contributed by atoms with Gasteiger partial charge in [-0.15, -0.1) is 5.10 Å². The number of para-hydroxylation sites is 1. The summed E-state index contributed by atoms with van der Waals surface area (Å²) in [5.74, 6) is -0.352. The van der Waals surface area contributed by atoms with E-state index in [1.165, 1.54) is 10.7 Å². The molecule has 0 unspecified atom stereocenters. The molecular weight excluding hydrogens is 237 g/mol. The summed E-state index contributed by atoms with van der Waals surface area (Å²) in [7, 11) is 0. The van der Waals surface area contributed by atoms with Crippen LogP contribution >= 0.6 is 0 Å². The molecule has 5 nitrogen and oxygen atoms in total. The number of benzene rings is 1. The quantitative estimate of drug-likeness (QED) is 0.786. The van der Waals surface area contributed by atoms with E-state index in [0.29, 0.717) is 31.0 Å². The Kier molecular flexibility index (Phi) is 4.38. The summed E-state index contributed by atoms with van der Waals surface area (Å²) in [4.78, 5) is 0. The molecule has 2 aromatic rings. The Bertz CT molecular complexity index is 502. The first-order valence-corrected chi connectivity index (χ1v) is 5.66. The molecule has 1 aromatic heterocycles. The fourth-order valence-electron chi connectivity index (χ4n) is 1.46. The van der Waals surface area contributed by atoms with E-state index in [0.717, 1.165) is 0 Å². The third-order valence-corrected chi connectivity index (χ3v) is 2.34. The van der Waals surface area contributed by atoms with Gasteiger partial charge < -0.3 is 9.84 Å². The van der Waals surface area contributed by atoms with Gasteiger partial charge in [0.2, 0.25) is 0 Å². The number of hydrogen-bond acceptors (Lipinski definition) is 4. The lowest BCUT2D eigenvalue weighted by Crippen LogP contribution is -1.98. The standard InChI is InChI=1S/C12H14FN3O2/c13-11-4-1-2-5-12(11)16-8-10(14-15-16)9-18-7-3-6-17/h1-2,4-5,8,17H,3,6-7,9H2. The van der Waals surface area contributed by atoms with Crippen molar-refractivity contribution >= 4 is 0 Å². The fourth-order valence-corrected chi connectivity index (χ4v) is 1.46. The summed E-state index contributed by atoms with van der Waals surface area (Å²) in [5, 5.41) is 16.3. The number of aliphatic hydroxyl groups excluding tert-OH is 1. The lowest BCUT2D eigenvalue weighted by atomic mass is 10.3. The predicted octanol–water partition coefficient (Wildman–Crippen LogP) is 1.31. The third kappa shape index (κ3) is 3.12. The van der Waals surface area contributed by atoms with Gasteiger partial charge in [0.15, 0.2) is 0 Å². The zero-order chi connectivity index (χ0) is 12.8. The van der Waals surface area contributed by atoms with Crippen LogP contribution in [-0.2, 0) is 11.3 Å². The van der Waals surface area contributed by atoms with Gasteiger partial charge in [-0.2, -0.15) is 0 Å². The van der Waals surface area contributed by atoms with Crippen molar-refractivity contribution in [1.82, 2.24) is 15.0 Å². The van der Waals surface area contributed by atoms with Gasteiger partial charge in [0.25, 0.3) is 0 Å². The Morgan fingerprint density at radius 3 is 2.94 bits per heavy atom. The predicted molar refractivity (Wildman–Crippen MR) is 62.7 cm³/mol. The Labute approximate surface area is 104 Å². The molecule has 0 radical (unpaired) electrons. The maximum Gasteiger partial charge on any atom is 0.148 e. The van der Waals surface area contributed by atoms with Crippen LogP contribution in [0.2, 0.25) is 0 Å². The van der Waals surface area contributed by atoms with E-state index in [9.17, 15) is 4.39 Å². The molecule has 0 aliphatic carbocycles. The second-order valence-electron chi connectivity index (χ2n) is 3.74. The normalized spacial score (nSPS) is 10.8. The first-order chi connectivity index (χ1) is 8.81. The molecule has 0 saturated carbocycles. The topological polar surface area (TPSA) is 60.2 Å². The largest absolute Gasteiger partial charge is 0.396 e. The lowest BCUT2D eigenvalue weighted by Gasteiger charge is -2.00. The minimum absolute atomic E-state index is 0.0991. The maximum atomic E-state index is 13.5. The Balaban J connectivity index is 2.00. The second kappa shape index (κ2) is 6.23. The van der Waals surface area contributed by atoms with Crippen molar-refractivity contribution in [2.24, 2.45) is 0 Å². The minimum Gasteiger partial charge on any atom is -0.396 e. The molecule has 18 heavy (non-hydrogen) atoms. The maximum absolute atomic E-state index is 13.5. The van der Waals surface area contributed by atoms with Crippen LogP contribution in [0.1, 0.15) is 12.1 Å². The van der Waals surface area contributed by atoms with Crippen LogP contribution in [0.25, 0.3) is 5.69 Å². The van der Waals surface area contributed by atoms with Gasteiger partial charge in [-0.3, -0.25) is 0 Å². The Morgan fingerprint density at radius 2 is 2.17 bits per heavy atom. The Morgan fingerprint density at radius 1 is 1.33 bits per heavy atom. The van der Waals surface area contributed by atoms with E-state index in [1.54, 1.807) is 24.4 Å². The monoisotopic (exact) mass is 251 g/mol. The van der Waals surface area contributed by atoms with Crippen LogP contribution in [0.15, 0.2) is 30.5 Å². The highest BCUT2D eigenvalue weighted by Gasteiger charge is 2.06. The average Bonchev–Trinajstić information content (AvgIpc) is 2.84. The van der Waals surface area contributed by atoms with Crippen molar-refractivity contribution in [3.63, 3.8) is 0 Å². The van der Waals surface area contributed by atoms with Gasteiger partial charge in [0, 0.05) is 13.2 Å². The highest BCUT2D eigenvalue weighted by Crippen LogP contribution is 2.11. The summed E-state index contributed by atoms with van der Waals surface area (Å²) in [6, 6.07) is 6.35. The molecule has 0 aliphatic rings. The van der Waals surface area contributed by atoms with Crippen LogP contribution in [0.5, 0.6) is 0 Å². The summed E-state index contributed by atoms with van der Waals surface area (Å²) in [6.45, 7) is 0.861. The van der Waals surface area contributed by atoms with Crippen LogP contribution in [0.4, 0.5) is 4.39 Å². The van der Waals surface area contributed by atoms with E-state index in [4.69, 9.17) is 9.84 Å². The molecule has 6 heteroatoms. The van der Waals surface area contributed by atoms with Gasteiger partial charge in [-0.1, -0.05) is 17.3 Å². The SMILES string of the molecule is OCCCOCc1cn(-c2ccccc2F)nn1. The van der Waals surface area contributed by atoms with Crippen LogP contribution in [0, 0.1) is 5.82 Å². The van der Waals surface area contributed by atoms with Crippen LogP contribution in [0.3, 0.4) is 0 Å². The van der Waals surface area contributed by atoms with Crippen molar-refractivity contribution in [2.45, 2.75) is 13.0 Å². The molecule has 2 rings (SSSR count). The molecule has 0 saturated heterocycles. The van der Waals surface area contributed by atoms with Crippen molar-refractivity contribution in [1.29, 1.82) is 0 Å². The molecule has 0 amide bonds. The Hall–Kier alpha value is -1.79. The molecular formula is C12H14FN3O2. The number of halogens is 1. The van der Waals surface area contributed by atoms with Gasteiger partial charge in [-0.05, 0) is 18.6 Å². The summed E-state index contributed by atoms with van der Waals surface area (Å²) in [6.07, 6.45) is 2.21. The highest BCUT2D eigenvalue weighted by molar-refractivity contribution is 5.32. The number of aromatic nitrogens is 3. The molecule has 1 N–H and O–H groups in total. The molecule has 0 fully saturated rings. The van der Waals surface area contributed by atoms with E-state index in [1.807, 2.05) is 0 Å². The van der Waals surface area contributed by atoms with Crippen molar-refractivity contribution in [2.75, 3.05) is 13.2 Å². The van der Waals surface area contributed by atoms with E-state index in [2.05, 4.69) is 10.3 Å².